The number of imidazole rings is 1. The number of H-pyrrole nitrogens is 1. The van der Waals surface area contributed by atoms with Crippen LogP contribution in [0.2, 0.25) is 0 Å². The second-order valence-corrected chi connectivity index (χ2v) is 6.97. The van der Waals surface area contributed by atoms with Crippen molar-refractivity contribution in [2.75, 3.05) is 13.1 Å². The Labute approximate surface area is 152 Å². The van der Waals surface area contributed by atoms with Gasteiger partial charge in [-0.15, -0.1) is 0 Å². The molecular formula is C20H23N5O. The molecular weight excluding hydrogens is 326 g/mol. The van der Waals surface area contributed by atoms with Crippen molar-refractivity contribution in [3.05, 3.63) is 82.1 Å². The van der Waals surface area contributed by atoms with E-state index in [1.165, 1.54) is 11.3 Å². The lowest BCUT2D eigenvalue weighted by molar-refractivity contribution is 0.317. The highest BCUT2D eigenvalue weighted by Crippen LogP contribution is 2.26. The third-order valence-corrected chi connectivity index (χ3v) is 4.95. The van der Waals surface area contributed by atoms with Gasteiger partial charge in [0.2, 0.25) is 0 Å². The summed E-state index contributed by atoms with van der Waals surface area (Å²) in [7, 11) is 0. The molecule has 3 heterocycles. The average Bonchev–Trinajstić information content (AvgIpc) is 3.25. The van der Waals surface area contributed by atoms with Gasteiger partial charge < -0.3 is 9.55 Å². The van der Waals surface area contributed by atoms with E-state index >= 15 is 0 Å². The van der Waals surface area contributed by atoms with E-state index in [4.69, 9.17) is 0 Å². The van der Waals surface area contributed by atoms with Crippen LogP contribution in [0.5, 0.6) is 0 Å². The molecule has 0 unspecified atom stereocenters. The molecule has 0 bridgehead atoms. The van der Waals surface area contributed by atoms with Gasteiger partial charge in [0, 0.05) is 37.8 Å². The lowest BCUT2D eigenvalue weighted by Crippen LogP contribution is -2.22. The van der Waals surface area contributed by atoms with Gasteiger partial charge in [-0.1, -0.05) is 30.3 Å². The molecule has 1 saturated heterocycles. The highest BCUT2D eigenvalue weighted by atomic mass is 16.1. The van der Waals surface area contributed by atoms with Crippen LogP contribution in [0.3, 0.4) is 0 Å². The van der Waals surface area contributed by atoms with Crippen LogP contribution < -0.4 is 5.56 Å². The summed E-state index contributed by atoms with van der Waals surface area (Å²) < 4.78 is 2.21. The van der Waals surface area contributed by atoms with Crippen LogP contribution in [-0.4, -0.2) is 37.5 Å². The van der Waals surface area contributed by atoms with Crippen molar-refractivity contribution in [3.63, 3.8) is 0 Å². The second kappa shape index (κ2) is 7.25. The van der Waals surface area contributed by atoms with Crippen molar-refractivity contribution < 1.29 is 0 Å². The SMILES string of the molecule is Cc1nc([C@@H]2CCN(Cc3cncn3Cc3ccccc3)C2)cc(=O)[nH]1. The minimum atomic E-state index is -0.0631. The Morgan fingerprint density at radius 3 is 2.88 bits per heavy atom. The Bertz CT molecular complexity index is 931. The highest BCUT2D eigenvalue weighted by Gasteiger charge is 2.26. The molecule has 4 rings (SSSR count). The van der Waals surface area contributed by atoms with E-state index in [1.54, 1.807) is 6.07 Å². The number of aromatic nitrogens is 4. The predicted molar refractivity (Wildman–Crippen MR) is 100 cm³/mol. The smallest absolute Gasteiger partial charge is 0.251 e. The van der Waals surface area contributed by atoms with Gasteiger partial charge in [-0.25, -0.2) is 9.97 Å². The van der Waals surface area contributed by atoms with Crippen LogP contribution in [0.1, 0.15) is 35.1 Å². The summed E-state index contributed by atoms with van der Waals surface area (Å²) in [6.45, 7) is 5.47. The van der Waals surface area contributed by atoms with E-state index in [0.29, 0.717) is 11.7 Å². The molecule has 1 aromatic carbocycles. The van der Waals surface area contributed by atoms with Gasteiger partial charge in [0.05, 0.1) is 17.7 Å². The molecule has 0 spiro atoms. The Morgan fingerprint density at radius 1 is 1.23 bits per heavy atom. The zero-order valence-corrected chi connectivity index (χ0v) is 14.9. The van der Waals surface area contributed by atoms with Gasteiger partial charge in [0.1, 0.15) is 5.82 Å². The zero-order chi connectivity index (χ0) is 17.9. The maximum absolute atomic E-state index is 11.7. The first-order chi connectivity index (χ1) is 12.7. The van der Waals surface area contributed by atoms with Crippen LogP contribution >= 0.6 is 0 Å². The fourth-order valence-corrected chi connectivity index (χ4v) is 3.66. The summed E-state index contributed by atoms with van der Waals surface area (Å²) in [4.78, 5) is 25.7. The highest BCUT2D eigenvalue weighted by molar-refractivity contribution is 5.16. The van der Waals surface area contributed by atoms with Gasteiger partial charge in [-0.2, -0.15) is 0 Å². The molecule has 0 aliphatic carbocycles. The minimum absolute atomic E-state index is 0.0631. The number of likely N-dealkylation sites (tertiary alicyclic amines) is 1. The first kappa shape index (κ1) is 16.7. The van der Waals surface area contributed by atoms with Crippen molar-refractivity contribution in [1.29, 1.82) is 0 Å². The molecule has 0 amide bonds. The van der Waals surface area contributed by atoms with E-state index in [0.717, 1.165) is 38.3 Å². The molecule has 1 aliphatic rings. The molecule has 134 valence electrons. The number of nitrogens with zero attached hydrogens (tertiary/aromatic N) is 4. The van der Waals surface area contributed by atoms with Crippen molar-refractivity contribution >= 4 is 0 Å². The third kappa shape index (κ3) is 3.75. The molecule has 2 aromatic heterocycles. The van der Waals surface area contributed by atoms with Crippen LogP contribution in [-0.2, 0) is 13.1 Å². The summed E-state index contributed by atoms with van der Waals surface area (Å²) in [5.74, 6) is 1.01. The van der Waals surface area contributed by atoms with E-state index in [1.807, 2.05) is 25.5 Å². The molecule has 6 heteroatoms. The lowest BCUT2D eigenvalue weighted by Gasteiger charge is -2.17. The van der Waals surface area contributed by atoms with Gasteiger partial charge in [0.15, 0.2) is 0 Å². The van der Waals surface area contributed by atoms with E-state index in [2.05, 4.69) is 48.7 Å². The Balaban J connectivity index is 1.43. The number of nitrogens with one attached hydrogen (secondary N) is 1. The monoisotopic (exact) mass is 349 g/mol. The largest absolute Gasteiger partial charge is 0.329 e. The van der Waals surface area contributed by atoms with Crippen molar-refractivity contribution in [2.24, 2.45) is 0 Å². The van der Waals surface area contributed by atoms with E-state index < -0.39 is 0 Å². The van der Waals surface area contributed by atoms with Gasteiger partial charge in [-0.05, 0) is 25.5 Å². The number of hydrogen-bond acceptors (Lipinski definition) is 4. The molecule has 6 nitrogen and oxygen atoms in total. The quantitative estimate of drug-likeness (QED) is 0.768. The molecule has 1 N–H and O–H groups in total. The van der Waals surface area contributed by atoms with E-state index in [-0.39, 0.29) is 5.56 Å². The molecule has 0 radical (unpaired) electrons. The molecule has 3 aromatic rings. The molecule has 1 aliphatic heterocycles. The fraction of sp³-hybridized carbons (Fsp3) is 0.350. The minimum Gasteiger partial charge on any atom is -0.329 e. The summed E-state index contributed by atoms with van der Waals surface area (Å²) in [5.41, 5.74) is 3.33. The summed E-state index contributed by atoms with van der Waals surface area (Å²) in [6.07, 6.45) is 4.88. The Hall–Kier alpha value is -2.73. The lowest BCUT2D eigenvalue weighted by atomic mass is 10.0. The summed E-state index contributed by atoms with van der Waals surface area (Å²) in [5, 5.41) is 0. The second-order valence-electron chi connectivity index (χ2n) is 6.97. The molecule has 1 fully saturated rings. The topological polar surface area (TPSA) is 66.8 Å². The zero-order valence-electron chi connectivity index (χ0n) is 14.9. The predicted octanol–water partition coefficient (Wildman–Crippen LogP) is 2.31. The standard InChI is InChI=1S/C20H23N5O/c1-15-22-19(9-20(26)23-15)17-7-8-24(12-17)13-18-10-21-14-25(18)11-16-5-3-2-4-6-16/h2-6,9-10,14,17H,7-8,11-13H2,1H3,(H,22,23,26)/t17-/m1/s1. The normalized spacial score (nSPS) is 17.7. The number of rotatable bonds is 5. The third-order valence-electron chi connectivity index (χ3n) is 4.95. The average molecular weight is 349 g/mol. The molecule has 1 atom stereocenters. The van der Waals surface area contributed by atoms with Crippen LogP contribution in [0.4, 0.5) is 0 Å². The Morgan fingerprint density at radius 2 is 2.08 bits per heavy atom. The van der Waals surface area contributed by atoms with Crippen molar-refractivity contribution in [1.82, 2.24) is 24.4 Å². The van der Waals surface area contributed by atoms with Gasteiger partial charge in [-0.3, -0.25) is 9.69 Å². The van der Waals surface area contributed by atoms with Crippen LogP contribution in [0.25, 0.3) is 0 Å². The number of aromatic amines is 1. The number of hydrogen-bond donors (Lipinski definition) is 1. The number of aryl methyl sites for hydroxylation is 1. The molecule has 26 heavy (non-hydrogen) atoms. The number of benzene rings is 1. The molecule has 0 saturated carbocycles. The van der Waals surface area contributed by atoms with E-state index in [9.17, 15) is 4.79 Å². The van der Waals surface area contributed by atoms with Crippen molar-refractivity contribution in [2.45, 2.75) is 32.4 Å². The van der Waals surface area contributed by atoms with Gasteiger partial charge in [0.25, 0.3) is 5.56 Å². The maximum Gasteiger partial charge on any atom is 0.251 e. The Kier molecular flexibility index (Phi) is 4.67. The van der Waals surface area contributed by atoms with Crippen molar-refractivity contribution in [3.8, 4) is 0 Å². The van der Waals surface area contributed by atoms with Gasteiger partial charge >= 0.3 is 0 Å². The first-order valence-electron chi connectivity index (χ1n) is 9.00. The summed E-state index contributed by atoms with van der Waals surface area (Å²) >= 11 is 0. The first-order valence-corrected chi connectivity index (χ1v) is 9.00. The summed E-state index contributed by atoms with van der Waals surface area (Å²) in [6, 6.07) is 12.1. The maximum atomic E-state index is 11.7. The van der Waals surface area contributed by atoms with Crippen LogP contribution in [0.15, 0.2) is 53.7 Å². The fourth-order valence-electron chi connectivity index (χ4n) is 3.66. The van der Waals surface area contributed by atoms with Crippen LogP contribution in [0, 0.1) is 6.92 Å².